The van der Waals surface area contributed by atoms with E-state index in [0.29, 0.717) is 17.3 Å². The molecule has 0 spiro atoms. The third kappa shape index (κ3) is 2.83. The van der Waals surface area contributed by atoms with E-state index in [1.54, 1.807) is 24.7 Å². The van der Waals surface area contributed by atoms with Crippen LogP contribution in [0.2, 0.25) is 0 Å². The molecule has 114 valence electrons. The zero-order valence-electron chi connectivity index (χ0n) is 12.3. The quantitative estimate of drug-likeness (QED) is 0.799. The molecule has 1 amide bonds. The Kier molecular flexibility index (Phi) is 3.34. The predicted octanol–water partition coefficient (Wildman–Crippen LogP) is 1.95. The molecule has 2 aromatic heterocycles. The van der Waals surface area contributed by atoms with Crippen molar-refractivity contribution < 1.29 is 4.79 Å². The third-order valence-electron chi connectivity index (χ3n) is 4.00. The fourth-order valence-corrected chi connectivity index (χ4v) is 2.69. The van der Waals surface area contributed by atoms with Gasteiger partial charge in [-0.05, 0) is 24.1 Å². The number of pyridine rings is 1. The van der Waals surface area contributed by atoms with Crippen LogP contribution in [-0.2, 0) is 0 Å². The molecule has 0 saturated heterocycles. The molecule has 6 nitrogen and oxygen atoms in total. The average Bonchev–Trinajstić information content (AvgIpc) is 3.14. The highest BCUT2D eigenvalue weighted by Gasteiger charge is 2.39. The average molecular weight is 305 g/mol. The number of carbonyl (C=O) groups is 1. The molecular formula is C17H15N5O. The maximum Gasteiger partial charge on any atom is 0.251 e. The van der Waals surface area contributed by atoms with Crippen molar-refractivity contribution in [3.05, 3.63) is 72.4 Å². The molecule has 23 heavy (non-hydrogen) atoms. The first-order valence-electron chi connectivity index (χ1n) is 7.48. The van der Waals surface area contributed by atoms with Crippen molar-refractivity contribution in [1.29, 1.82) is 0 Å². The Morgan fingerprint density at radius 1 is 1.22 bits per heavy atom. The van der Waals surface area contributed by atoms with Gasteiger partial charge < -0.3 is 5.32 Å². The van der Waals surface area contributed by atoms with E-state index >= 15 is 0 Å². The first kappa shape index (κ1) is 13.6. The van der Waals surface area contributed by atoms with Gasteiger partial charge in [0.1, 0.15) is 12.7 Å². The van der Waals surface area contributed by atoms with Crippen LogP contribution in [0.15, 0.2) is 61.3 Å². The van der Waals surface area contributed by atoms with E-state index in [1.165, 1.54) is 16.6 Å². The molecule has 3 aromatic rings. The van der Waals surface area contributed by atoms with Gasteiger partial charge in [0.25, 0.3) is 5.91 Å². The molecule has 0 aliphatic heterocycles. The Balaban J connectivity index is 1.45. The minimum Gasteiger partial charge on any atom is -0.349 e. The maximum absolute atomic E-state index is 12.4. The Hall–Kier alpha value is -3.02. The fraction of sp³-hybridized carbons (Fsp3) is 0.176. The Bertz CT molecular complexity index is 816. The lowest BCUT2D eigenvalue weighted by atomic mass is 10.1. The summed E-state index contributed by atoms with van der Waals surface area (Å²) >= 11 is 0. The van der Waals surface area contributed by atoms with Crippen LogP contribution in [0.1, 0.15) is 28.3 Å². The highest BCUT2D eigenvalue weighted by atomic mass is 16.1. The zero-order chi connectivity index (χ0) is 15.6. The monoisotopic (exact) mass is 305 g/mol. The molecule has 1 aliphatic carbocycles. The van der Waals surface area contributed by atoms with Crippen LogP contribution in [0.25, 0.3) is 5.82 Å². The number of nitrogens with zero attached hydrogens (tertiary/aromatic N) is 4. The summed E-state index contributed by atoms with van der Waals surface area (Å²) in [5.41, 5.74) is 1.85. The van der Waals surface area contributed by atoms with Gasteiger partial charge in [-0.1, -0.05) is 30.3 Å². The number of benzene rings is 1. The number of hydrogen-bond donors (Lipinski definition) is 1. The molecule has 0 bridgehead atoms. The summed E-state index contributed by atoms with van der Waals surface area (Å²) in [4.78, 5) is 20.5. The first-order valence-corrected chi connectivity index (χ1v) is 7.48. The second-order valence-electron chi connectivity index (χ2n) is 5.58. The van der Waals surface area contributed by atoms with E-state index in [1.807, 2.05) is 18.2 Å². The second kappa shape index (κ2) is 5.64. The lowest BCUT2D eigenvalue weighted by Crippen LogP contribution is -2.26. The van der Waals surface area contributed by atoms with E-state index in [4.69, 9.17) is 0 Å². The molecule has 1 fully saturated rings. The van der Waals surface area contributed by atoms with Gasteiger partial charge in [0.05, 0.1) is 0 Å². The molecule has 4 rings (SSSR count). The van der Waals surface area contributed by atoms with Crippen LogP contribution in [0.3, 0.4) is 0 Å². The number of rotatable bonds is 4. The summed E-state index contributed by atoms with van der Waals surface area (Å²) in [5, 5.41) is 7.10. The predicted molar refractivity (Wildman–Crippen MR) is 84.2 cm³/mol. The van der Waals surface area contributed by atoms with Crippen molar-refractivity contribution in [3.63, 3.8) is 0 Å². The maximum atomic E-state index is 12.4. The van der Waals surface area contributed by atoms with E-state index in [-0.39, 0.29) is 11.9 Å². The van der Waals surface area contributed by atoms with Crippen LogP contribution < -0.4 is 5.32 Å². The lowest BCUT2D eigenvalue weighted by Gasteiger charge is -2.06. The lowest BCUT2D eigenvalue weighted by molar-refractivity contribution is 0.0950. The van der Waals surface area contributed by atoms with Crippen molar-refractivity contribution in [3.8, 4) is 5.82 Å². The van der Waals surface area contributed by atoms with Crippen molar-refractivity contribution in [2.45, 2.75) is 18.4 Å². The molecule has 2 atom stereocenters. The van der Waals surface area contributed by atoms with Crippen molar-refractivity contribution in [2.24, 2.45) is 0 Å². The highest BCUT2D eigenvalue weighted by molar-refractivity contribution is 5.95. The smallest absolute Gasteiger partial charge is 0.251 e. The molecule has 1 aromatic carbocycles. The molecule has 1 saturated carbocycles. The number of aromatic nitrogens is 4. The van der Waals surface area contributed by atoms with Crippen molar-refractivity contribution >= 4 is 5.91 Å². The van der Waals surface area contributed by atoms with Gasteiger partial charge in [0.2, 0.25) is 0 Å². The molecule has 6 heteroatoms. The standard InChI is InChI=1S/C17H15N5O/c23-17(21-15-9-14(15)12-4-2-1-3-5-12)13-6-7-19-16(8-13)22-11-18-10-20-22/h1-8,10-11,14-15H,9H2,(H,21,23)/t14-,15+/m0/s1. The van der Waals surface area contributed by atoms with Gasteiger partial charge in [-0.3, -0.25) is 4.79 Å². The first-order chi connectivity index (χ1) is 11.3. The molecular weight excluding hydrogens is 290 g/mol. The van der Waals surface area contributed by atoms with Gasteiger partial charge >= 0.3 is 0 Å². The molecule has 0 radical (unpaired) electrons. The zero-order valence-corrected chi connectivity index (χ0v) is 12.3. The molecule has 0 unspecified atom stereocenters. The third-order valence-corrected chi connectivity index (χ3v) is 4.00. The molecule has 2 heterocycles. The Labute approximate surface area is 133 Å². The number of nitrogens with one attached hydrogen (secondary N) is 1. The van der Waals surface area contributed by atoms with E-state index < -0.39 is 0 Å². The van der Waals surface area contributed by atoms with Crippen LogP contribution in [0, 0.1) is 0 Å². The Morgan fingerprint density at radius 2 is 2.09 bits per heavy atom. The van der Waals surface area contributed by atoms with Gasteiger partial charge in [0.15, 0.2) is 5.82 Å². The largest absolute Gasteiger partial charge is 0.349 e. The van der Waals surface area contributed by atoms with Gasteiger partial charge in [-0.25, -0.2) is 14.6 Å². The SMILES string of the molecule is O=C(N[C@@H]1C[C@H]1c1ccccc1)c1ccnc(-n2cncn2)c1. The van der Waals surface area contributed by atoms with Crippen LogP contribution in [0.4, 0.5) is 0 Å². The summed E-state index contributed by atoms with van der Waals surface area (Å²) < 4.78 is 1.53. The van der Waals surface area contributed by atoms with E-state index in [2.05, 4.69) is 32.5 Å². The van der Waals surface area contributed by atoms with Gasteiger partial charge in [0, 0.05) is 23.7 Å². The second-order valence-corrected chi connectivity index (χ2v) is 5.58. The van der Waals surface area contributed by atoms with E-state index in [9.17, 15) is 4.79 Å². The fourth-order valence-electron chi connectivity index (χ4n) is 2.69. The van der Waals surface area contributed by atoms with Crippen LogP contribution in [-0.4, -0.2) is 31.7 Å². The summed E-state index contributed by atoms with van der Waals surface area (Å²) in [5.74, 6) is 0.902. The van der Waals surface area contributed by atoms with Gasteiger partial charge in [-0.15, -0.1) is 0 Å². The molecule has 1 N–H and O–H groups in total. The van der Waals surface area contributed by atoms with Gasteiger partial charge in [-0.2, -0.15) is 5.10 Å². The topological polar surface area (TPSA) is 72.7 Å². The van der Waals surface area contributed by atoms with Crippen molar-refractivity contribution in [2.75, 3.05) is 0 Å². The minimum atomic E-state index is -0.0859. The minimum absolute atomic E-state index is 0.0859. The summed E-state index contributed by atoms with van der Waals surface area (Å²) in [6, 6.07) is 13.9. The summed E-state index contributed by atoms with van der Waals surface area (Å²) in [6.45, 7) is 0. The number of amides is 1. The highest BCUT2D eigenvalue weighted by Crippen LogP contribution is 2.40. The molecule has 1 aliphatic rings. The van der Waals surface area contributed by atoms with E-state index in [0.717, 1.165) is 6.42 Å². The van der Waals surface area contributed by atoms with Crippen LogP contribution in [0.5, 0.6) is 0 Å². The summed E-state index contributed by atoms with van der Waals surface area (Å²) in [7, 11) is 0. The summed E-state index contributed by atoms with van der Waals surface area (Å²) in [6.07, 6.45) is 5.57. The normalized spacial score (nSPS) is 19.3. The number of hydrogen-bond acceptors (Lipinski definition) is 4. The van der Waals surface area contributed by atoms with Crippen molar-refractivity contribution in [1.82, 2.24) is 25.1 Å². The Morgan fingerprint density at radius 3 is 2.87 bits per heavy atom. The number of carbonyl (C=O) groups excluding carboxylic acids is 1. The van der Waals surface area contributed by atoms with Crippen LogP contribution >= 0.6 is 0 Å².